The van der Waals surface area contributed by atoms with Gasteiger partial charge in [0.1, 0.15) is 23.3 Å². The minimum atomic E-state index is -0.0248. The number of benzene rings is 4. The van der Waals surface area contributed by atoms with Crippen molar-refractivity contribution in [3.8, 4) is 22.8 Å². The van der Waals surface area contributed by atoms with Gasteiger partial charge >= 0.3 is 0 Å². The zero-order valence-corrected chi connectivity index (χ0v) is 21.1. The fourth-order valence-corrected chi connectivity index (χ4v) is 5.92. The molecule has 188 valence electrons. The smallest absolute Gasteiger partial charge is 0.195 e. The Kier molecular flexibility index (Phi) is 4.88. The SMILES string of the molecule is N=C(N)c1ccc2[nH]c(-c3ccc4c(=O)c5ccc(-c6nc7cc(C(=N)N)ccc7[nH]6)cc5sc4c3)nc2c1. The third kappa shape index (κ3) is 3.73. The van der Waals surface area contributed by atoms with E-state index < -0.39 is 0 Å². The van der Waals surface area contributed by atoms with Gasteiger partial charge in [-0.25, -0.2) is 9.97 Å². The monoisotopic (exact) mass is 528 g/mol. The number of nitrogens with one attached hydrogen (secondary N) is 4. The van der Waals surface area contributed by atoms with Crippen molar-refractivity contribution < 1.29 is 0 Å². The molecule has 0 atom stereocenters. The summed E-state index contributed by atoms with van der Waals surface area (Å²) in [5.41, 5.74) is 17.3. The van der Waals surface area contributed by atoms with Gasteiger partial charge in [-0.15, -0.1) is 11.3 Å². The van der Waals surface area contributed by atoms with Crippen LogP contribution < -0.4 is 16.9 Å². The lowest BCUT2D eigenvalue weighted by Crippen LogP contribution is -2.10. The van der Waals surface area contributed by atoms with E-state index in [0.717, 1.165) is 42.6 Å². The van der Waals surface area contributed by atoms with Crippen molar-refractivity contribution in [1.82, 2.24) is 19.9 Å². The fourth-order valence-electron chi connectivity index (χ4n) is 4.77. The molecule has 0 aliphatic heterocycles. The van der Waals surface area contributed by atoms with Crippen molar-refractivity contribution in [2.24, 2.45) is 11.5 Å². The molecule has 0 aliphatic rings. The van der Waals surface area contributed by atoms with Crippen molar-refractivity contribution >= 4 is 65.2 Å². The maximum Gasteiger partial charge on any atom is 0.195 e. The molecule has 39 heavy (non-hydrogen) atoms. The molecule has 0 radical (unpaired) electrons. The quantitative estimate of drug-likeness (QED) is 0.106. The lowest BCUT2D eigenvalue weighted by Gasteiger charge is -2.05. The second-order valence-electron chi connectivity index (χ2n) is 9.32. The van der Waals surface area contributed by atoms with Crippen molar-refractivity contribution in [3.63, 3.8) is 0 Å². The Morgan fingerprint density at radius 1 is 0.667 bits per heavy atom. The van der Waals surface area contributed by atoms with Gasteiger partial charge in [-0.3, -0.25) is 15.6 Å². The number of rotatable bonds is 4. The minimum Gasteiger partial charge on any atom is -0.384 e. The summed E-state index contributed by atoms with van der Waals surface area (Å²) in [7, 11) is 0. The molecule has 0 bridgehead atoms. The number of fused-ring (bicyclic) bond motifs is 4. The average molecular weight is 529 g/mol. The molecule has 0 spiro atoms. The molecule has 3 heterocycles. The number of hydrogen-bond acceptors (Lipinski definition) is 6. The Bertz CT molecular complexity index is 2070. The second-order valence-corrected chi connectivity index (χ2v) is 10.4. The van der Waals surface area contributed by atoms with Gasteiger partial charge in [0.05, 0.1) is 22.1 Å². The molecule has 0 saturated carbocycles. The van der Waals surface area contributed by atoms with Gasteiger partial charge in [0, 0.05) is 42.4 Å². The van der Waals surface area contributed by atoms with Crippen LogP contribution in [0, 0.1) is 10.8 Å². The predicted molar refractivity (Wildman–Crippen MR) is 158 cm³/mol. The van der Waals surface area contributed by atoms with Gasteiger partial charge in [-0.05, 0) is 60.7 Å². The van der Waals surface area contributed by atoms with Gasteiger partial charge in [-0.1, -0.05) is 12.1 Å². The number of nitrogens with zero attached hydrogens (tertiary/aromatic N) is 2. The molecule has 7 aromatic rings. The summed E-state index contributed by atoms with van der Waals surface area (Å²) >= 11 is 1.54. The maximum atomic E-state index is 13.4. The Morgan fingerprint density at radius 3 is 1.56 bits per heavy atom. The summed E-state index contributed by atoms with van der Waals surface area (Å²) in [5, 5.41) is 16.7. The largest absolute Gasteiger partial charge is 0.384 e. The molecule has 0 aliphatic carbocycles. The third-order valence-electron chi connectivity index (χ3n) is 6.81. The Labute approximate surface area is 224 Å². The summed E-state index contributed by atoms with van der Waals surface area (Å²) in [4.78, 5) is 29.4. The van der Waals surface area contributed by atoms with Crippen LogP contribution in [0.4, 0.5) is 0 Å². The number of aromatic nitrogens is 4. The molecule has 0 saturated heterocycles. The number of imidazole rings is 2. The minimum absolute atomic E-state index is 0.00774. The number of nitrogens with two attached hydrogens (primary N) is 2. The van der Waals surface area contributed by atoms with Gasteiger partial charge < -0.3 is 21.4 Å². The normalized spacial score (nSPS) is 11.6. The average Bonchev–Trinajstić information content (AvgIpc) is 3.56. The van der Waals surface area contributed by atoms with Crippen LogP contribution >= 0.6 is 11.3 Å². The fraction of sp³-hybridized carbons (Fsp3) is 0. The van der Waals surface area contributed by atoms with Gasteiger partial charge in [0.25, 0.3) is 0 Å². The van der Waals surface area contributed by atoms with Crippen LogP contribution in [0.25, 0.3) is 65.0 Å². The third-order valence-corrected chi connectivity index (χ3v) is 7.92. The second kappa shape index (κ2) is 8.33. The van der Waals surface area contributed by atoms with Crippen LogP contribution in [0.3, 0.4) is 0 Å². The highest BCUT2D eigenvalue weighted by Crippen LogP contribution is 2.32. The number of amidine groups is 2. The molecule has 0 amide bonds. The summed E-state index contributed by atoms with van der Waals surface area (Å²) in [5.74, 6) is 1.33. The summed E-state index contributed by atoms with van der Waals surface area (Å²) in [6, 6.07) is 22.3. The van der Waals surface area contributed by atoms with E-state index >= 15 is 0 Å². The van der Waals surface area contributed by atoms with E-state index in [1.54, 1.807) is 24.3 Å². The molecule has 9 nitrogen and oxygen atoms in total. The maximum absolute atomic E-state index is 13.4. The molecule has 10 heteroatoms. The highest BCUT2D eigenvalue weighted by molar-refractivity contribution is 7.24. The molecule has 0 fully saturated rings. The molecule has 4 aromatic carbocycles. The van der Waals surface area contributed by atoms with E-state index in [2.05, 4.69) is 9.97 Å². The first-order chi connectivity index (χ1) is 18.8. The van der Waals surface area contributed by atoms with E-state index in [9.17, 15) is 4.79 Å². The van der Waals surface area contributed by atoms with Crippen LogP contribution in [0.2, 0.25) is 0 Å². The highest BCUT2D eigenvalue weighted by Gasteiger charge is 2.13. The highest BCUT2D eigenvalue weighted by atomic mass is 32.1. The standard InChI is InChI=1S/C29H20N8OS/c30-26(31)13-3-7-19-21(9-13)36-28(34-19)15-1-5-17-23(11-15)39-24-12-16(2-6-18(24)25(17)38)29-35-20-8-4-14(27(32)33)10-22(20)37-29/h1-12H,(H3,30,31)(H3,32,33)(H,34,36)(H,35,37). The molecule has 8 N–H and O–H groups in total. The zero-order valence-electron chi connectivity index (χ0n) is 20.3. The zero-order chi connectivity index (χ0) is 26.8. The number of H-pyrrole nitrogens is 2. The van der Waals surface area contributed by atoms with E-state index in [1.807, 2.05) is 48.5 Å². The van der Waals surface area contributed by atoms with Crippen LogP contribution in [0.5, 0.6) is 0 Å². The van der Waals surface area contributed by atoms with Crippen molar-refractivity contribution in [2.45, 2.75) is 0 Å². The van der Waals surface area contributed by atoms with Crippen LogP contribution in [0.1, 0.15) is 11.1 Å². The van der Waals surface area contributed by atoms with Crippen molar-refractivity contribution in [3.05, 3.63) is 94.1 Å². The Hall–Kier alpha value is -5.35. The molecule has 7 rings (SSSR count). The number of aromatic amines is 2. The van der Waals surface area contributed by atoms with E-state index in [1.165, 1.54) is 11.3 Å². The van der Waals surface area contributed by atoms with Crippen molar-refractivity contribution in [1.29, 1.82) is 10.8 Å². The summed E-state index contributed by atoms with van der Waals surface area (Å²) < 4.78 is 1.70. The number of nitrogen functional groups attached to an aromatic ring is 2. The van der Waals surface area contributed by atoms with Crippen LogP contribution in [-0.2, 0) is 0 Å². The number of hydrogen-bond donors (Lipinski definition) is 6. The first kappa shape index (κ1) is 22.8. The summed E-state index contributed by atoms with van der Waals surface area (Å²) in [6.45, 7) is 0. The van der Waals surface area contributed by atoms with Gasteiger partial charge in [0.2, 0.25) is 0 Å². The molecule has 0 unspecified atom stereocenters. The Morgan fingerprint density at radius 2 is 1.13 bits per heavy atom. The van der Waals surface area contributed by atoms with Crippen LogP contribution in [0.15, 0.2) is 77.6 Å². The first-order valence-electron chi connectivity index (χ1n) is 12.0. The predicted octanol–water partition coefficient (Wildman–Crippen LogP) is 5.07. The van der Waals surface area contributed by atoms with E-state index in [-0.39, 0.29) is 17.1 Å². The lowest BCUT2D eigenvalue weighted by atomic mass is 10.1. The molecule has 3 aromatic heterocycles. The topological polar surface area (TPSA) is 174 Å². The Balaban J connectivity index is 1.33. The van der Waals surface area contributed by atoms with Crippen LogP contribution in [-0.4, -0.2) is 31.6 Å². The van der Waals surface area contributed by atoms with E-state index in [4.69, 9.17) is 32.3 Å². The summed E-state index contributed by atoms with van der Waals surface area (Å²) in [6.07, 6.45) is 0. The molecular formula is C29H20N8OS. The van der Waals surface area contributed by atoms with Gasteiger partial charge in [-0.2, -0.15) is 0 Å². The van der Waals surface area contributed by atoms with E-state index in [0.29, 0.717) is 33.5 Å². The van der Waals surface area contributed by atoms with Gasteiger partial charge in [0.15, 0.2) is 5.43 Å². The lowest BCUT2D eigenvalue weighted by molar-refractivity contribution is 1.34. The first-order valence-corrected chi connectivity index (χ1v) is 12.9. The van der Waals surface area contributed by atoms with Crippen molar-refractivity contribution in [2.75, 3.05) is 0 Å². The molecular weight excluding hydrogens is 508 g/mol.